The Morgan fingerprint density at radius 2 is 1.43 bits per heavy atom. The van der Waals surface area contributed by atoms with Gasteiger partial charge in [0.05, 0.1) is 34.0 Å². The van der Waals surface area contributed by atoms with Crippen molar-refractivity contribution < 1.29 is 33.3 Å². The largest absolute Gasteiger partial charge is 0.493 e. The second-order valence-corrected chi connectivity index (χ2v) is 5.68. The number of methoxy groups -OCH3 is 4. The van der Waals surface area contributed by atoms with Gasteiger partial charge in [-0.1, -0.05) is 0 Å². The molecule has 1 amide bonds. The molecule has 0 aliphatic carbocycles. The molecule has 2 rings (SSSR count). The van der Waals surface area contributed by atoms with E-state index in [1.165, 1.54) is 40.6 Å². The van der Waals surface area contributed by atoms with Crippen LogP contribution in [0.3, 0.4) is 0 Å². The van der Waals surface area contributed by atoms with Crippen molar-refractivity contribution in [1.29, 1.82) is 0 Å². The highest BCUT2D eigenvalue weighted by molar-refractivity contribution is 5.94. The molecule has 1 unspecified atom stereocenters. The summed E-state index contributed by atoms with van der Waals surface area (Å²) in [4.78, 5) is 24.1. The molecule has 0 fully saturated rings. The topological polar surface area (TPSA) is 92.3 Å². The quantitative estimate of drug-likeness (QED) is 0.694. The monoisotopic (exact) mass is 389 g/mol. The lowest BCUT2D eigenvalue weighted by atomic mass is 10.2. The first-order chi connectivity index (χ1) is 13.4. The van der Waals surface area contributed by atoms with Gasteiger partial charge >= 0.3 is 5.97 Å². The third-order valence-electron chi connectivity index (χ3n) is 3.91. The lowest BCUT2D eigenvalue weighted by Crippen LogP contribution is -2.30. The molecule has 2 aromatic carbocycles. The Bertz CT molecular complexity index is 850. The van der Waals surface area contributed by atoms with Gasteiger partial charge in [0, 0.05) is 11.8 Å². The Morgan fingerprint density at radius 3 is 2.04 bits per heavy atom. The van der Waals surface area contributed by atoms with E-state index in [1.807, 2.05) is 0 Å². The first-order valence-electron chi connectivity index (χ1n) is 8.39. The maximum Gasteiger partial charge on any atom is 0.337 e. The zero-order valence-corrected chi connectivity index (χ0v) is 16.4. The number of carbonyl (C=O) groups is 2. The molecule has 150 valence electrons. The fourth-order valence-corrected chi connectivity index (χ4v) is 2.41. The standard InChI is InChI=1S/C20H23NO7/c1-12(19(22)21-14-7-9-15(24-2)18(11-14)26-4)28-16-8-6-13(20(23)27-5)10-17(16)25-3/h6-12H,1-5H3,(H,21,22). The molecule has 8 nitrogen and oxygen atoms in total. The maximum atomic E-state index is 12.5. The second kappa shape index (κ2) is 9.50. The summed E-state index contributed by atoms with van der Waals surface area (Å²) in [6.07, 6.45) is -0.828. The van der Waals surface area contributed by atoms with Crippen molar-refractivity contribution >= 4 is 17.6 Å². The number of hydrogen-bond donors (Lipinski definition) is 1. The lowest BCUT2D eigenvalue weighted by molar-refractivity contribution is -0.122. The van der Waals surface area contributed by atoms with E-state index in [9.17, 15) is 9.59 Å². The summed E-state index contributed by atoms with van der Waals surface area (Å²) in [6.45, 7) is 1.60. The molecular weight excluding hydrogens is 366 g/mol. The summed E-state index contributed by atoms with van der Waals surface area (Å²) in [6, 6.07) is 9.59. The summed E-state index contributed by atoms with van der Waals surface area (Å²) in [7, 11) is 5.78. The third-order valence-corrected chi connectivity index (χ3v) is 3.91. The Morgan fingerprint density at radius 1 is 0.821 bits per heavy atom. The van der Waals surface area contributed by atoms with Crippen LogP contribution in [0.2, 0.25) is 0 Å². The van der Waals surface area contributed by atoms with Gasteiger partial charge in [0.2, 0.25) is 0 Å². The molecule has 0 radical (unpaired) electrons. The van der Waals surface area contributed by atoms with Crippen LogP contribution < -0.4 is 24.3 Å². The summed E-state index contributed by atoms with van der Waals surface area (Å²) >= 11 is 0. The van der Waals surface area contributed by atoms with Crippen LogP contribution in [-0.2, 0) is 9.53 Å². The van der Waals surface area contributed by atoms with E-state index in [4.69, 9.17) is 18.9 Å². The lowest BCUT2D eigenvalue weighted by Gasteiger charge is -2.17. The molecule has 28 heavy (non-hydrogen) atoms. The summed E-state index contributed by atoms with van der Waals surface area (Å²) in [5, 5.41) is 2.75. The van der Waals surface area contributed by atoms with Crippen molar-refractivity contribution in [2.75, 3.05) is 33.8 Å². The molecule has 0 bridgehead atoms. The molecule has 0 saturated carbocycles. The second-order valence-electron chi connectivity index (χ2n) is 5.68. The summed E-state index contributed by atoms with van der Waals surface area (Å²) in [5.74, 6) is 0.823. The fourth-order valence-electron chi connectivity index (χ4n) is 2.41. The molecule has 8 heteroatoms. The first-order valence-corrected chi connectivity index (χ1v) is 8.39. The zero-order valence-electron chi connectivity index (χ0n) is 16.4. The van der Waals surface area contributed by atoms with Crippen molar-refractivity contribution in [3.05, 3.63) is 42.0 Å². The van der Waals surface area contributed by atoms with E-state index in [0.29, 0.717) is 34.2 Å². The Labute approximate surface area is 163 Å². The molecule has 0 saturated heterocycles. The van der Waals surface area contributed by atoms with Gasteiger partial charge in [-0.3, -0.25) is 4.79 Å². The van der Waals surface area contributed by atoms with Gasteiger partial charge in [0.15, 0.2) is 29.1 Å². The highest BCUT2D eigenvalue weighted by Gasteiger charge is 2.19. The normalized spacial score (nSPS) is 11.2. The van der Waals surface area contributed by atoms with Crippen LogP contribution in [0.15, 0.2) is 36.4 Å². The van der Waals surface area contributed by atoms with Gasteiger partial charge in [-0.05, 0) is 37.3 Å². The van der Waals surface area contributed by atoms with Crippen molar-refractivity contribution in [3.63, 3.8) is 0 Å². The van der Waals surface area contributed by atoms with E-state index < -0.39 is 12.1 Å². The summed E-state index contributed by atoms with van der Waals surface area (Å²) in [5.41, 5.74) is 0.847. The smallest absolute Gasteiger partial charge is 0.337 e. The van der Waals surface area contributed by atoms with E-state index in [2.05, 4.69) is 10.1 Å². The molecule has 0 aromatic heterocycles. The first kappa shape index (κ1) is 20.9. The molecule has 0 aliphatic heterocycles. The number of rotatable bonds is 8. The number of esters is 1. The average molecular weight is 389 g/mol. The minimum Gasteiger partial charge on any atom is -0.493 e. The van der Waals surface area contributed by atoms with E-state index in [-0.39, 0.29) is 5.91 Å². The Balaban J connectivity index is 2.11. The van der Waals surface area contributed by atoms with Gasteiger partial charge in [0.25, 0.3) is 5.91 Å². The van der Waals surface area contributed by atoms with E-state index in [1.54, 1.807) is 31.2 Å². The van der Waals surface area contributed by atoms with Crippen LogP contribution >= 0.6 is 0 Å². The Hall–Kier alpha value is -3.42. The van der Waals surface area contributed by atoms with Crippen molar-refractivity contribution in [1.82, 2.24) is 0 Å². The number of nitrogens with one attached hydrogen (secondary N) is 1. The van der Waals surface area contributed by atoms with Gasteiger partial charge < -0.3 is 29.0 Å². The number of benzene rings is 2. The van der Waals surface area contributed by atoms with Crippen LogP contribution in [0.5, 0.6) is 23.0 Å². The molecule has 1 atom stereocenters. The van der Waals surface area contributed by atoms with Crippen LogP contribution in [0.4, 0.5) is 5.69 Å². The van der Waals surface area contributed by atoms with Gasteiger partial charge in [-0.15, -0.1) is 0 Å². The molecule has 2 aromatic rings. The molecule has 0 spiro atoms. The number of carbonyl (C=O) groups excluding carboxylic acids is 2. The minimum atomic E-state index is -0.828. The van der Waals surface area contributed by atoms with Crippen LogP contribution in [-0.4, -0.2) is 46.4 Å². The van der Waals surface area contributed by atoms with Crippen LogP contribution in [0.1, 0.15) is 17.3 Å². The van der Waals surface area contributed by atoms with Crippen LogP contribution in [0, 0.1) is 0 Å². The average Bonchev–Trinajstić information content (AvgIpc) is 2.73. The predicted octanol–water partition coefficient (Wildman–Crippen LogP) is 2.91. The minimum absolute atomic E-state index is 0.314. The summed E-state index contributed by atoms with van der Waals surface area (Å²) < 4.78 is 26.0. The Kier molecular flexibility index (Phi) is 7.08. The number of ether oxygens (including phenoxy) is 5. The van der Waals surface area contributed by atoms with Gasteiger partial charge in [-0.2, -0.15) is 0 Å². The van der Waals surface area contributed by atoms with Crippen LogP contribution in [0.25, 0.3) is 0 Å². The fraction of sp³-hybridized carbons (Fsp3) is 0.300. The molecule has 1 N–H and O–H groups in total. The molecule has 0 aliphatic rings. The van der Waals surface area contributed by atoms with Gasteiger partial charge in [0.1, 0.15) is 0 Å². The molecule has 0 heterocycles. The van der Waals surface area contributed by atoms with E-state index >= 15 is 0 Å². The van der Waals surface area contributed by atoms with Crippen molar-refractivity contribution in [3.8, 4) is 23.0 Å². The van der Waals surface area contributed by atoms with Crippen molar-refractivity contribution in [2.45, 2.75) is 13.0 Å². The highest BCUT2D eigenvalue weighted by Crippen LogP contribution is 2.31. The third kappa shape index (κ3) is 4.85. The van der Waals surface area contributed by atoms with Crippen molar-refractivity contribution in [2.24, 2.45) is 0 Å². The predicted molar refractivity (Wildman–Crippen MR) is 103 cm³/mol. The highest BCUT2D eigenvalue weighted by atomic mass is 16.5. The number of amides is 1. The molecular formula is C20H23NO7. The zero-order chi connectivity index (χ0) is 20.7. The maximum absolute atomic E-state index is 12.5. The van der Waals surface area contributed by atoms with E-state index in [0.717, 1.165) is 0 Å². The SMILES string of the molecule is COC(=O)c1ccc(OC(C)C(=O)Nc2ccc(OC)c(OC)c2)c(OC)c1. The number of hydrogen-bond acceptors (Lipinski definition) is 7. The van der Waals surface area contributed by atoms with Gasteiger partial charge in [-0.25, -0.2) is 4.79 Å². The number of anilines is 1.